The molecule has 1 aromatic rings. The monoisotopic (exact) mass is 417 g/mol. The number of hydrogen-bond acceptors (Lipinski definition) is 4. The van der Waals surface area contributed by atoms with E-state index in [2.05, 4.69) is 58.3 Å². The Hall–Kier alpha value is -1.21. The molecule has 0 amide bonds. The van der Waals surface area contributed by atoms with Gasteiger partial charge < -0.3 is 10.2 Å². The van der Waals surface area contributed by atoms with E-state index in [1.54, 1.807) is 12.5 Å². The highest BCUT2D eigenvalue weighted by atomic mass is 32.2. The quantitative estimate of drug-likeness (QED) is 0.615. The van der Waals surface area contributed by atoms with Crippen LogP contribution in [0.5, 0.6) is 0 Å². The Balaban J connectivity index is 1.15. The number of likely N-dealkylation sites (tertiary alicyclic amines) is 1. The summed E-state index contributed by atoms with van der Waals surface area (Å²) in [6, 6.07) is 12.0. The molecule has 3 aliphatic rings. The molecule has 1 aromatic carbocycles. The third kappa shape index (κ3) is 5.10. The van der Waals surface area contributed by atoms with Gasteiger partial charge in [0.1, 0.15) is 0 Å². The fourth-order valence-corrected chi connectivity index (χ4v) is 5.82. The Morgan fingerprint density at radius 2 is 1.93 bits per heavy atom. The average Bonchev–Trinajstić information content (AvgIpc) is 3.42. The molecule has 0 aromatic heterocycles. The highest BCUT2D eigenvalue weighted by Crippen LogP contribution is 2.50. The number of sulfonamides is 1. The van der Waals surface area contributed by atoms with Crippen molar-refractivity contribution in [1.29, 1.82) is 0 Å². The fourth-order valence-electron chi connectivity index (χ4n) is 5.21. The molecule has 0 radical (unpaired) electrons. The van der Waals surface area contributed by atoms with Gasteiger partial charge in [0.05, 0.1) is 5.75 Å². The topological polar surface area (TPSA) is 61.4 Å². The number of nitrogens with zero attached hydrogens (tertiary/aromatic N) is 1. The maximum absolute atomic E-state index is 11.5. The Labute approximate surface area is 176 Å². The molecule has 6 heteroatoms. The highest BCUT2D eigenvalue weighted by Gasteiger charge is 2.53. The maximum atomic E-state index is 11.5. The van der Waals surface area contributed by atoms with Gasteiger partial charge in [0.25, 0.3) is 0 Å². The summed E-state index contributed by atoms with van der Waals surface area (Å²) in [5.74, 6) is 0.869. The molecule has 1 spiro atoms. The standard InChI is InChI=1S/C23H35N3O2S/c1-3-19(12-18-8-6-5-7-9-18)21-13-22(21)25-20-14-23(15-20)16-26(17-23)11-10-24-29(27,28)4-2/h5-9,12,20-22,24-25H,3-4,10-11,13-17H2,1-2H3/b19-12+/t21-,22+/m1/s1. The highest BCUT2D eigenvalue weighted by molar-refractivity contribution is 7.89. The van der Waals surface area contributed by atoms with Gasteiger partial charge in [0, 0.05) is 38.3 Å². The van der Waals surface area contributed by atoms with Crippen LogP contribution in [0.15, 0.2) is 35.9 Å². The van der Waals surface area contributed by atoms with Crippen molar-refractivity contribution in [2.75, 3.05) is 31.9 Å². The van der Waals surface area contributed by atoms with E-state index < -0.39 is 10.0 Å². The largest absolute Gasteiger partial charge is 0.311 e. The van der Waals surface area contributed by atoms with Gasteiger partial charge in [-0.3, -0.25) is 0 Å². The minimum Gasteiger partial charge on any atom is -0.311 e. The normalized spacial score (nSPS) is 26.9. The third-order valence-corrected chi connectivity index (χ3v) is 8.29. The lowest BCUT2D eigenvalue weighted by atomic mass is 9.60. The number of rotatable bonds is 10. The van der Waals surface area contributed by atoms with Crippen molar-refractivity contribution in [2.45, 2.75) is 51.6 Å². The zero-order valence-electron chi connectivity index (χ0n) is 17.7. The molecular formula is C23H35N3O2S. The van der Waals surface area contributed by atoms with Crippen molar-refractivity contribution in [3.63, 3.8) is 0 Å². The van der Waals surface area contributed by atoms with Crippen LogP contribution in [-0.2, 0) is 10.0 Å². The molecule has 0 unspecified atom stereocenters. The molecule has 2 aliphatic carbocycles. The first-order chi connectivity index (χ1) is 13.9. The predicted molar refractivity (Wildman–Crippen MR) is 119 cm³/mol. The number of hydrogen-bond donors (Lipinski definition) is 2. The van der Waals surface area contributed by atoms with Crippen molar-refractivity contribution in [3.8, 4) is 0 Å². The zero-order chi connectivity index (χ0) is 20.5. The molecular weight excluding hydrogens is 382 g/mol. The molecule has 1 saturated heterocycles. The van der Waals surface area contributed by atoms with Crippen LogP contribution in [0.1, 0.15) is 45.1 Å². The second kappa shape index (κ2) is 8.50. The van der Waals surface area contributed by atoms with Crippen molar-refractivity contribution < 1.29 is 8.42 Å². The molecule has 2 N–H and O–H groups in total. The molecule has 2 atom stereocenters. The van der Waals surface area contributed by atoms with E-state index in [4.69, 9.17) is 0 Å². The molecule has 2 saturated carbocycles. The van der Waals surface area contributed by atoms with Crippen LogP contribution in [-0.4, -0.2) is 57.3 Å². The lowest BCUT2D eigenvalue weighted by Gasteiger charge is -2.59. The van der Waals surface area contributed by atoms with E-state index in [1.807, 2.05) is 0 Å². The average molecular weight is 418 g/mol. The van der Waals surface area contributed by atoms with Gasteiger partial charge in [-0.25, -0.2) is 13.1 Å². The summed E-state index contributed by atoms with van der Waals surface area (Å²) < 4.78 is 25.6. The lowest BCUT2D eigenvalue weighted by molar-refractivity contribution is -0.0775. The number of benzene rings is 1. The molecule has 0 bridgehead atoms. The smallest absolute Gasteiger partial charge is 0.211 e. The van der Waals surface area contributed by atoms with Crippen LogP contribution in [0, 0.1) is 11.3 Å². The zero-order valence-corrected chi connectivity index (χ0v) is 18.5. The minimum absolute atomic E-state index is 0.159. The van der Waals surface area contributed by atoms with E-state index in [9.17, 15) is 8.42 Å². The molecule has 160 valence electrons. The van der Waals surface area contributed by atoms with E-state index in [0.717, 1.165) is 26.1 Å². The molecule has 1 heterocycles. The maximum Gasteiger partial charge on any atom is 0.211 e. The molecule has 4 rings (SSSR count). The Bertz CT molecular complexity index is 823. The van der Waals surface area contributed by atoms with Gasteiger partial charge in [-0.15, -0.1) is 0 Å². The summed E-state index contributed by atoms with van der Waals surface area (Å²) >= 11 is 0. The van der Waals surface area contributed by atoms with Crippen LogP contribution in [0.3, 0.4) is 0 Å². The fraction of sp³-hybridized carbons (Fsp3) is 0.652. The number of nitrogens with one attached hydrogen (secondary N) is 2. The lowest BCUT2D eigenvalue weighted by Crippen LogP contribution is -2.66. The van der Waals surface area contributed by atoms with Gasteiger partial charge in [-0.2, -0.15) is 0 Å². The van der Waals surface area contributed by atoms with Gasteiger partial charge in [0.2, 0.25) is 10.0 Å². The van der Waals surface area contributed by atoms with Crippen molar-refractivity contribution >= 4 is 16.1 Å². The van der Waals surface area contributed by atoms with Crippen LogP contribution >= 0.6 is 0 Å². The van der Waals surface area contributed by atoms with Gasteiger partial charge in [0.15, 0.2) is 0 Å². The van der Waals surface area contributed by atoms with Gasteiger partial charge in [-0.1, -0.05) is 48.9 Å². The van der Waals surface area contributed by atoms with E-state index in [0.29, 0.717) is 30.0 Å². The predicted octanol–water partition coefficient (Wildman–Crippen LogP) is 2.86. The summed E-state index contributed by atoms with van der Waals surface area (Å²) in [5.41, 5.74) is 3.39. The summed E-state index contributed by atoms with van der Waals surface area (Å²) in [7, 11) is -3.06. The van der Waals surface area contributed by atoms with Crippen LogP contribution in [0.25, 0.3) is 6.08 Å². The van der Waals surface area contributed by atoms with Crippen LogP contribution in [0.2, 0.25) is 0 Å². The Morgan fingerprint density at radius 1 is 1.21 bits per heavy atom. The van der Waals surface area contributed by atoms with Crippen LogP contribution < -0.4 is 10.0 Å². The molecule has 3 fully saturated rings. The van der Waals surface area contributed by atoms with E-state index in [-0.39, 0.29) is 5.75 Å². The summed E-state index contributed by atoms with van der Waals surface area (Å²) in [6.45, 7) is 7.56. The first-order valence-electron chi connectivity index (χ1n) is 11.1. The van der Waals surface area contributed by atoms with Crippen LogP contribution in [0.4, 0.5) is 0 Å². The molecule has 29 heavy (non-hydrogen) atoms. The molecule has 5 nitrogen and oxygen atoms in total. The van der Waals surface area contributed by atoms with Crippen molar-refractivity contribution in [2.24, 2.45) is 11.3 Å². The van der Waals surface area contributed by atoms with Gasteiger partial charge in [-0.05, 0) is 49.5 Å². The minimum atomic E-state index is -3.06. The Kier molecular flexibility index (Phi) is 6.17. The second-order valence-electron chi connectivity index (χ2n) is 9.21. The Morgan fingerprint density at radius 3 is 2.59 bits per heavy atom. The summed E-state index contributed by atoms with van der Waals surface area (Å²) in [6.07, 6.45) is 7.34. The van der Waals surface area contributed by atoms with Crippen molar-refractivity contribution in [1.82, 2.24) is 14.9 Å². The third-order valence-electron chi connectivity index (χ3n) is 6.88. The first kappa shape index (κ1) is 21.0. The van der Waals surface area contributed by atoms with Gasteiger partial charge >= 0.3 is 0 Å². The second-order valence-corrected chi connectivity index (χ2v) is 11.3. The SMILES string of the molecule is CC/C(=C\c1ccccc1)[C@H]1C[C@@H]1NC1CC2(C1)CN(CCNS(=O)(=O)CC)C2. The van der Waals surface area contributed by atoms with Crippen molar-refractivity contribution in [3.05, 3.63) is 41.5 Å². The summed E-state index contributed by atoms with van der Waals surface area (Å²) in [4.78, 5) is 2.38. The molecule has 1 aliphatic heterocycles. The van der Waals surface area contributed by atoms with E-state index in [1.165, 1.54) is 24.8 Å². The van der Waals surface area contributed by atoms with E-state index >= 15 is 0 Å². The first-order valence-corrected chi connectivity index (χ1v) is 12.8. The summed E-state index contributed by atoms with van der Waals surface area (Å²) in [5, 5.41) is 3.90.